The fourth-order valence-electron chi connectivity index (χ4n) is 2.98. The normalized spacial score (nSPS) is 43.4. The van der Waals surface area contributed by atoms with Crippen LogP contribution in [0.3, 0.4) is 0 Å². The zero-order chi connectivity index (χ0) is 10.5. The molecule has 1 aromatic rings. The molecule has 3 aliphatic heterocycles. The van der Waals surface area contributed by atoms with Gasteiger partial charge in [-0.3, -0.25) is 0 Å². The zero-order valence-corrected chi connectivity index (χ0v) is 8.91. The second-order valence-electron chi connectivity index (χ2n) is 4.78. The van der Waals surface area contributed by atoms with E-state index in [2.05, 4.69) is 12.1 Å². The first-order chi connectivity index (χ1) is 7.92. The Morgan fingerprint density at radius 2 is 1.88 bits per heavy atom. The number of benzene rings is 1. The molecule has 3 heterocycles. The highest BCUT2D eigenvalue weighted by Crippen LogP contribution is 2.48. The minimum Gasteiger partial charge on any atom is -0.368 e. The van der Waals surface area contributed by atoms with Gasteiger partial charge in [0.15, 0.2) is 0 Å². The number of ether oxygens (including phenoxy) is 3. The highest BCUT2D eigenvalue weighted by molar-refractivity contribution is 5.15. The van der Waals surface area contributed by atoms with E-state index < -0.39 is 0 Å². The molecule has 3 saturated heterocycles. The fourth-order valence-corrected chi connectivity index (χ4v) is 2.98. The van der Waals surface area contributed by atoms with Gasteiger partial charge in [-0.05, 0) is 5.56 Å². The van der Waals surface area contributed by atoms with Gasteiger partial charge in [0, 0.05) is 6.42 Å². The summed E-state index contributed by atoms with van der Waals surface area (Å²) in [6.07, 6.45) is 2.33. The Morgan fingerprint density at radius 3 is 2.56 bits per heavy atom. The van der Waals surface area contributed by atoms with Crippen LogP contribution in [0.5, 0.6) is 0 Å². The van der Waals surface area contributed by atoms with Crippen molar-refractivity contribution in [2.75, 3.05) is 0 Å². The van der Waals surface area contributed by atoms with E-state index in [-0.39, 0.29) is 18.3 Å². The van der Waals surface area contributed by atoms with Crippen molar-refractivity contribution in [2.45, 2.75) is 43.5 Å². The molecule has 5 atom stereocenters. The molecule has 0 N–H and O–H groups in total. The minimum atomic E-state index is 0.148. The molecule has 0 aromatic heterocycles. The van der Waals surface area contributed by atoms with Gasteiger partial charge >= 0.3 is 0 Å². The highest BCUT2D eigenvalue weighted by atomic mass is 16.7. The molecule has 0 aliphatic carbocycles. The molecule has 3 nitrogen and oxygen atoms in total. The van der Waals surface area contributed by atoms with Gasteiger partial charge in [0.05, 0.1) is 18.8 Å². The molecule has 0 spiro atoms. The van der Waals surface area contributed by atoms with Gasteiger partial charge in [-0.2, -0.15) is 0 Å². The van der Waals surface area contributed by atoms with E-state index in [1.54, 1.807) is 0 Å². The standard InChI is InChI=1S/C13H14O3/c1-2-4-8(5-3-1)7-14-11-9-6-10-12(15-9)13(11)16-10/h1-5,9-13H,6-7H2. The van der Waals surface area contributed by atoms with Crippen molar-refractivity contribution in [3.8, 4) is 0 Å². The minimum absolute atomic E-state index is 0.148. The van der Waals surface area contributed by atoms with Crippen molar-refractivity contribution in [2.24, 2.45) is 0 Å². The summed E-state index contributed by atoms with van der Waals surface area (Å²) in [4.78, 5) is 0. The lowest BCUT2D eigenvalue weighted by molar-refractivity contribution is -0.213. The van der Waals surface area contributed by atoms with Crippen molar-refractivity contribution >= 4 is 0 Å². The summed E-state index contributed by atoms with van der Waals surface area (Å²) in [7, 11) is 0. The van der Waals surface area contributed by atoms with Gasteiger partial charge in [-0.1, -0.05) is 30.3 Å². The third-order valence-corrected chi connectivity index (χ3v) is 3.79. The van der Waals surface area contributed by atoms with E-state index >= 15 is 0 Å². The van der Waals surface area contributed by atoms with Crippen LogP contribution < -0.4 is 0 Å². The molecule has 1 aromatic carbocycles. The number of hydrogen-bond acceptors (Lipinski definition) is 3. The van der Waals surface area contributed by atoms with Gasteiger partial charge in [0.1, 0.15) is 18.3 Å². The first-order valence-corrected chi connectivity index (χ1v) is 5.88. The molecule has 4 rings (SSSR count). The van der Waals surface area contributed by atoms with Crippen molar-refractivity contribution < 1.29 is 14.2 Å². The Hall–Kier alpha value is -0.900. The predicted molar refractivity (Wildman–Crippen MR) is 57.0 cm³/mol. The Labute approximate surface area is 94.3 Å². The van der Waals surface area contributed by atoms with Gasteiger partial charge in [0.25, 0.3) is 0 Å². The summed E-state index contributed by atoms with van der Waals surface area (Å²) in [6.45, 7) is 0.655. The summed E-state index contributed by atoms with van der Waals surface area (Å²) < 4.78 is 17.4. The zero-order valence-electron chi connectivity index (χ0n) is 8.91. The Kier molecular flexibility index (Phi) is 1.89. The Bertz CT molecular complexity index is 387. The summed E-state index contributed by atoms with van der Waals surface area (Å²) >= 11 is 0. The molecule has 5 unspecified atom stereocenters. The molecule has 0 amide bonds. The third-order valence-electron chi connectivity index (χ3n) is 3.79. The molecule has 0 radical (unpaired) electrons. The van der Waals surface area contributed by atoms with Crippen LogP contribution in [0, 0.1) is 0 Å². The van der Waals surface area contributed by atoms with E-state index in [0.717, 1.165) is 6.42 Å². The summed E-state index contributed by atoms with van der Waals surface area (Å²) in [5.74, 6) is 0. The van der Waals surface area contributed by atoms with E-state index in [9.17, 15) is 0 Å². The Balaban J connectivity index is 1.42. The number of rotatable bonds is 3. The first-order valence-electron chi connectivity index (χ1n) is 5.88. The summed E-state index contributed by atoms with van der Waals surface area (Å²) in [5.41, 5.74) is 1.21. The average molecular weight is 218 g/mol. The quantitative estimate of drug-likeness (QED) is 0.769. The molecule has 3 aliphatic rings. The molecule has 2 bridgehead atoms. The van der Waals surface area contributed by atoms with Crippen molar-refractivity contribution in [1.82, 2.24) is 0 Å². The monoisotopic (exact) mass is 218 g/mol. The lowest BCUT2D eigenvalue weighted by Gasteiger charge is -2.43. The van der Waals surface area contributed by atoms with Crippen LogP contribution in [0.15, 0.2) is 30.3 Å². The fraction of sp³-hybridized carbons (Fsp3) is 0.538. The van der Waals surface area contributed by atoms with Gasteiger partial charge in [-0.15, -0.1) is 0 Å². The van der Waals surface area contributed by atoms with Gasteiger partial charge in [0.2, 0.25) is 0 Å². The van der Waals surface area contributed by atoms with Crippen LogP contribution in [0.25, 0.3) is 0 Å². The van der Waals surface area contributed by atoms with Crippen LogP contribution in [-0.4, -0.2) is 30.5 Å². The number of fused-ring (bicyclic) bond motifs is 1. The molecule has 0 saturated carbocycles. The van der Waals surface area contributed by atoms with E-state index in [1.807, 2.05) is 18.2 Å². The van der Waals surface area contributed by atoms with Gasteiger partial charge < -0.3 is 14.2 Å². The van der Waals surface area contributed by atoms with E-state index in [4.69, 9.17) is 14.2 Å². The largest absolute Gasteiger partial charge is 0.368 e. The maximum atomic E-state index is 5.92. The SMILES string of the molecule is c1ccc(COC2C3CC4OC2C4O3)cc1. The summed E-state index contributed by atoms with van der Waals surface area (Å²) in [5, 5.41) is 0. The van der Waals surface area contributed by atoms with Crippen LogP contribution in [0.1, 0.15) is 12.0 Å². The van der Waals surface area contributed by atoms with Crippen LogP contribution in [0.2, 0.25) is 0 Å². The third kappa shape index (κ3) is 1.19. The summed E-state index contributed by atoms with van der Waals surface area (Å²) in [6, 6.07) is 10.2. The first kappa shape index (κ1) is 9.16. The highest BCUT2D eigenvalue weighted by Gasteiger charge is 2.64. The van der Waals surface area contributed by atoms with Crippen LogP contribution in [-0.2, 0) is 20.8 Å². The predicted octanol–water partition coefficient (Wildman–Crippen LogP) is 1.51. The molecule has 16 heavy (non-hydrogen) atoms. The maximum absolute atomic E-state index is 5.92. The number of hydrogen-bond donors (Lipinski definition) is 0. The molecular formula is C13H14O3. The average Bonchev–Trinajstić information content (AvgIpc) is 2.78. The van der Waals surface area contributed by atoms with E-state index in [0.29, 0.717) is 18.8 Å². The maximum Gasteiger partial charge on any atom is 0.115 e. The molecule has 84 valence electrons. The smallest absolute Gasteiger partial charge is 0.115 e. The van der Waals surface area contributed by atoms with Crippen molar-refractivity contribution in [3.05, 3.63) is 35.9 Å². The van der Waals surface area contributed by atoms with E-state index in [1.165, 1.54) is 5.56 Å². The van der Waals surface area contributed by atoms with Crippen LogP contribution >= 0.6 is 0 Å². The van der Waals surface area contributed by atoms with Gasteiger partial charge in [-0.25, -0.2) is 0 Å². The topological polar surface area (TPSA) is 27.7 Å². The molecule has 3 heteroatoms. The van der Waals surface area contributed by atoms with Crippen molar-refractivity contribution in [3.63, 3.8) is 0 Å². The second kappa shape index (κ2) is 3.29. The Morgan fingerprint density at radius 1 is 1.06 bits per heavy atom. The second-order valence-corrected chi connectivity index (χ2v) is 4.78. The van der Waals surface area contributed by atoms with Crippen molar-refractivity contribution in [1.29, 1.82) is 0 Å². The molecular weight excluding hydrogens is 204 g/mol. The lowest BCUT2D eigenvalue weighted by Crippen LogP contribution is -2.58. The molecule has 3 fully saturated rings. The lowest BCUT2D eigenvalue weighted by atomic mass is 9.86. The van der Waals surface area contributed by atoms with Crippen LogP contribution in [0.4, 0.5) is 0 Å².